The largest absolute Gasteiger partial charge is 0.480 e. The number of carboxylic acid groups (broad SMARTS) is 1. The Kier molecular flexibility index (Phi) is 8.30. The normalized spacial score (nSPS) is 11.7. The molecule has 0 radical (unpaired) electrons. The van der Waals surface area contributed by atoms with E-state index >= 15 is 0 Å². The van der Waals surface area contributed by atoms with Crippen molar-refractivity contribution >= 4 is 23.8 Å². The third-order valence-corrected chi connectivity index (χ3v) is 3.73. The highest BCUT2D eigenvalue weighted by Crippen LogP contribution is 2.04. The predicted molar refractivity (Wildman–Crippen MR) is 82.2 cm³/mol. The molecule has 1 unspecified atom stereocenters. The van der Waals surface area contributed by atoms with Gasteiger partial charge in [-0.3, -0.25) is 4.79 Å². The molecule has 0 aliphatic carbocycles. The fraction of sp³-hybridized carbons (Fsp3) is 0.429. The fourth-order valence-electron chi connectivity index (χ4n) is 1.42. The van der Waals surface area contributed by atoms with Gasteiger partial charge >= 0.3 is 12.1 Å². The topological polar surface area (TPSA) is 102 Å². The van der Waals surface area contributed by atoms with Gasteiger partial charge in [0.15, 0.2) is 0 Å². The van der Waals surface area contributed by atoms with Crippen molar-refractivity contribution in [1.82, 2.24) is 5.32 Å². The van der Waals surface area contributed by atoms with E-state index in [2.05, 4.69) is 5.32 Å². The van der Waals surface area contributed by atoms with Crippen LogP contribution in [0.1, 0.15) is 12.0 Å². The van der Waals surface area contributed by atoms with Crippen LogP contribution in [0.25, 0.3) is 0 Å². The molecule has 116 valence electrons. The second-order valence-electron chi connectivity index (χ2n) is 4.36. The number of hydrogen-bond acceptors (Lipinski definition) is 5. The van der Waals surface area contributed by atoms with Crippen LogP contribution in [0.15, 0.2) is 30.3 Å². The molecule has 4 N–H and O–H groups in total. The highest BCUT2D eigenvalue weighted by atomic mass is 32.2. The highest BCUT2D eigenvalue weighted by Gasteiger charge is 2.10. The summed E-state index contributed by atoms with van der Waals surface area (Å²) in [5.74, 6) is 0.110. The molecule has 1 amide bonds. The van der Waals surface area contributed by atoms with Gasteiger partial charge in [0.1, 0.15) is 12.6 Å². The Bertz CT molecular complexity index is 442. The van der Waals surface area contributed by atoms with Gasteiger partial charge in [0.05, 0.1) is 0 Å². The van der Waals surface area contributed by atoms with Crippen LogP contribution in [0.3, 0.4) is 0 Å². The molecule has 1 aromatic rings. The lowest BCUT2D eigenvalue weighted by Gasteiger charge is -2.08. The highest BCUT2D eigenvalue weighted by molar-refractivity contribution is 7.99. The zero-order valence-corrected chi connectivity index (χ0v) is 12.5. The van der Waals surface area contributed by atoms with Crippen molar-refractivity contribution in [2.45, 2.75) is 19.1 Å². The summed E-state index contributed by atoms with van der Waals surface area (Å²) in [5.41, 5.74) is 6.30. The van der Waals surface area contributed by atoms with Crippen molar-refractivity contribution in [2.24, 2.45) is 5.73 Å². The van der Waals surface area contributed by atoms with Crippen LogP contribution in [0.5, 0.6) is 0 Å². The minimum Gasteiger partial charge on any atom is -0.480 e. The second kappa shape index (κ2) is 10.1. The Morgan fingerprint density at radius 3 is 2.71 bits per heavy atom. The van der Waals surface area contributed by atoms with E-state index in [-0.39, 0.29) is 6.61 Å². The molecule has 0 saturated heterocycles. The molecular weight excluding hydrogens is 292 g/mol. The lowest BCUT2D eigenvalue weighted by atomic mass is 10.2. The molecule has 1 atom stereocenters. The Hall–Kier alpha value is -1.73. The zero-order valence-electron chi connectivity index (χ0n) is 11.7. The number of alkyl carbamates (subject to hydrolysis) is 1. The number of nitrogens with two attached hydrogens (primary N) is 1. The number of ether oxygens (including phenoxy) is 1. The van der Waals surface area contributed by atoms with E-state index in [1.54, 1.807) is 0 Å². The van der Waals surface area contributed by atoms with Crippen LogP contribution in [0.2, 0.25) is 0 Å². The number of aliphatic carboxylic acids is 1. The smallest absolute Gasteiger partial charge is 0.407 e. The Labute approximate surface area is 128 Å². The molecule has 7 heteroatoms. The first-order valence-corrected chi connectivity index (χ1v) is 7.75. The van der Waals surface area contributed by atoms with Crippen LogP contribution in [-0.2, 0) is 16.1 Å². The standard InChI is InChI=1S/C14H20N2O4S/c15-12(13(17)18)10-21-8-4-7-16-14(19)20-9-11-5-2-1-3-6-11/h1-3,5-6,12H,4,7-10,15H2,(H,16,19)(H,17,18). The monoisotopic (exact) mass is 312 g/mol. The summed E-state index contributed by atoms with van der Waals surface area (Å²) in [4.78, 5) is 21.9. The van der Waals surface area contributed by atoms with Gasteiger partial charge < -0.3 is 20.9 Å². The minimum atomic E-state index is -0.995. The van der Waals surface area contributed by atoms with Gasteiger partial charge in [-0.25, -0.2) is 4.79 Å². The summed E-state index contributed by atoms with van der Waals surface area (Å²) < 4.78 is 5.05. The quantitative estimate of drug-likeness (QED) is 0.597. The van der Waals surface area contributed by atoms with Crippen LogP contribution in [0.4, 0.5) is 4.79 Å². The number of benzene rings is 1. The van der Waals surface area contributed by atoms with Crippen molar-refractivity contribution < 1.29 is 19.4 Å². The van der Waals surface area contributed by atoms with Crippen LogP contribution in [-0.4, -0.2) is 41.3 Å². The maximum atomic E-state index is 11.4. The molecule has 0 aliphatic heterocycles. The van der Waals surface area contributed by atoms with E-state index in [9.17, 15) is 9.59 Å². The first-order valence-electron chi connectivity index (χ1n) is 6.60. The maximum absolute atomic E-state index is 11.4. The van der Waals surface area contributed by atoms with Gasteiger partial charge in [-0.1, -0.05) is 30.3 Å². The van der Waals surface area contributed by atoms with Crippen molar-refractivity contribution in [2.75, 3.05) is 18.1 Å². The number of carbonyl (C=O) groups is 2. The van der Waals surface area contributed by atoms with Crippen molar-refractivity contribution in [3.8, 4) is 0 Å². The second-order valence-corrected chi connectivity index (χ2v) is 5.51. The van der Waals surface area contributed by atoms with Crippen LogP contribution < -0.4 is 11.1 Å². The number of thioether (sulfide) groups is 1. The summed E-state index contributed by atoms with van der Waals surface area (Å²) in [6.45, 7) is 0.734. The minimum absolute atomic E-state index is 0.245. The number of nitrogens with one attached hydrogen (secondary N) is 1. The third kappa shape index (κ3) is 8.21. The maximum Gasteiger partial charge on any atom is 0.407 e. The zero-order chi connectivity index (χ0) is 15.5. The van der Waals surface area contributed by atoms with Gasteiger partial charge in [0, 0.05) is 12.3 Å². The lowest BCUT2D eigenvalue weighted by molar-refractivity contribution is -0.137. The van der Waals surface area contributed by atoms with E-state index in [1.165, 1.54) is 11.8 Å². The molecule has 21 heavy (non-hydrogen) atoms. The molecular formula is C14H20N2O4S. The van der Waals surface area contributed by atoms with Gasteiger partial charge in [-0.05, 0) is 17.7 Å². The number of carboxylic acids is 1. The van der Waals surface area contributed by atoms with Crippen LogP contribution >= 0.6 is 11.8 Å². The third-order valence-electron chi connectivity index (χ3n) is 2.56. The van der Waals surface area contributed by atoms with Gasteiger partial charge in [0.2, 0.25) is 0 Å². The van der Waals surface area contributed by atoms with E-state index in [0.717, 1.165) is 17.7 Å². The molecule has 0 fully saturated rings. The Morgan fingerprint density at radius 2 is 2.05 bits per heavy atom. The van der Waals surface area contributed by atoms with E-state index in [4.69, 9.17) is 15.6 Å². The number of amides is 1. The first-order chi connectivity index (χ1) is 10.1. The molecule has 0 bridgehead atoms. The fourth-order valence-corrected chi connectivity index (χ4v) is 2.33. The molecule has 1 aromatic carbocycles. The summed E-state index contributed by atoms with van der Waals surface area (Å²) >= 11 is 1.45. The molecule has 0 aromatic heterocycles. The average molecular weight is 312 g/mol. The van der Waals surface area contributed by atoms with Crippen molar-refractivity contribution in [3.63, 3.8) is 0 Å². The molecule has 6 nitrogen and oxygen atoms in total. The van der Waals surface area contributed by atoms with Gasteiger partial charge in [0.25, 0.3) is 0 Å². The lowest BCUT2D eigenvalue weighted by Crippen LogP contribution is -2.32. The molecule has 0 heterocycles. The molecule has 1 rings (SSSR count). The predicted octanol–water partition coefficient (Wildman–Crippen LogP) is 1.45. The molecule has 0 saturated carbocycles. The Balaban J connectivity index is 2.00. The average Bonchev–Trinajstić information content (AvgIpc) is 2.49. The number of hydrogen-bond donors (Lipinski definition) is 3. The SMILES string of the molecule is NC(CSCCCNC(=O)OCc1ccccc1)C(=O)O. The van der Waals surface area contributed by atoms with E-state index in [0.29, 0.717) is 12.3 Å². The number of rotatable bonds is 9. The molecule has 0 spiro atoms. The van der Waals surface area contributed by atoms with Crippen LogP contribution in [0, 0.1) is 0 Å². The van der Waals surface area contributed by atoms with Gasteiger partial charge in [-0.15, -0.1) is 0 Å². The van der Waals surface area contributed by atoms with E-state index < -0.39 is 18.1 Å². The van der Waals surface area contributed by atoms with Gasteiger partial charge in [-0.2, -0.15) is 11.8 Å². The summed E-state index contributed by atoms with van der Waals surface area (Å²) in [7, 11) is 0. The number of carbonyl (C=O) groups excluding carboxylic acids is 1. The first kappa shape index (κ1) is 17.3. The Morgan fingerprint density at radius 1 is 1.33 bits per heavy atom. The van der Waals surface area contributed by atoms with E-state index in [1.807, 2.05) is 30.3 Å². The van der Waals surface area contributed by atoms with Crippen molar-refractivity contribution in [3.05, 3.63) is 35.9 Å². The summed E-state index contributed by atoms with van der Waals surface area (Å²) in [6, 6.07) is 8.60. The van der Waals surface area contributed by atoms with Crippen molar-refractivity contribution in [1.29, 1.82) is 0 Å². The molecule has 0 aliphatic rings. The summed E-state index contributed by atoms with van der Waals surface area (Å²) in [5, 5.41) is 11.2. The summed E-state index contributed by atoms with van der Waals surface area (Å²) in [6.07, 6.45) is 0.281.